The number of carbonyl (C=O) groups excluding carboxylic acids is 1. The smallest absolute Gasteiger partial charge is 0.248 e. The summed E-state index contributed by atoms with van der Waals surface area (Å²) >= 11 is 0. The molecule has 1 atom stereocenters. The van der Waals surface area contributed by atoms with Crippen LogP contribution < -0.4 is 0 Å². The van der Waals surface area contributed by atoms with Crippen LogP contribution >= 0.6 is 0 Å². The van der Waals surface area contributed by atoms with Crippen LogP contribution in [0.3, 0.4) is 0 Å². The van der Waals surface area contributed by atoms with Crippen LogP contribution in [0.4, 0.5) is 0 Å². The minimum absolute atomic E-state index is 0.0178. The van der Waals surface area contributed by atoms with Gasteiger partial charge >= 0.3 is 0 Å². The van der Waals surface area contributed by atoms with Crippen molar-refractivity contribution in [1.29, 1.82) is 0 Å². The number of likely N-dealkylation sites (N-methyl/N-ethyl adjacent to an activating group) is 1. The van der Waals surface area contributed by atoms with Crippen molar-refractivity contribution in [2.24, 2.45) is 0 Å². The molecule has 0 aromatic carbocycles. The molecule has 0 rings (SSSR count). The number of nitrogens with zero attached hydrogens (tertiary/aromatic N) is 1. The predicted octanol–water partition coefficient (Wildman–Crippen LogP) is -1.56. The lowest BCUT2D eigenvalue weighted by Gasteiger charge is -2.11. The molecule has 0 aromatic rings. The van der Waals surface area contributed by atoms with Crippen molar-refractivity contribution in [2.75, 3.05) is 33.9 Å². The summed E-state index contributed by atoms with van der Waals surface area (Å²) in [5.74, 6) is -0.167. The fourth-order valence-electron chi connectivity index (χ4n) is 0.464. The summed E-state index contributed by atoms with van der Waals surface area (Å²) in [7, 11) is 3.24. The molecule has 0 spiro atoms. The maximum Gasteiger partial charge on any atom is 0.248 e. The van der Waals surface area contributed by atoms with Gasteiger partial charge in [-0.1, -0.05) is 0 Å². The van der Waals surface area contributed by atoms with E-state index in [9.17, 15) is 4.79 Å². The first-order valence-corrected chi connectivity index (χ1v) is 3.64. The Hall–Kier alpha value is -0.650. The van der Waals surface area contributed by atoms with Crippen LogP contribution in [0.15, 0.2) is 0 Å². The molecule has 5 nitrogen and oxygen atoms in total. The standard InChI is InChI=1S/C7H15NO4/c1-8(2)7(11)5-12-4-6(10)3-9/h6,9-10H,3-5H2,1-2H3. The first-order chi connectivity index (χ1) is 5.57. The van der Waals surface area contributed by atoms with Gasteiger partial charge in [0.05, 0.1) is 13.2 Å². The fourth-order valence-corrected chi connectivity index (χ4v) is 0.464. The topological polar surface area (TPSA) is 70.0 Å². The van der Waals surface area contributed by atoms with Crippen LogP contribution in [0.2, 0.25) is 0 Å². The van der Waals surface area contributed by atoms with E-state index in [-0.39, 0.29) is 25.7 Å². The second-order valence-corrected chi connectivity index (χ2v) is 2.64. The molecule has 5 heteroatoms. The molecule has 0 saturated heterocycles. The Morgan fingerprint density at radius 3 is 2.58 bits per heavy atom. The monoisotopic (exact) mass is 177 g/mol. The molecular formula is C7H15NO4. The molecule has 0 heterocycles. The van der Waals surface area contributed by atoms with Crippen LogP contribution in [0.25, 0.3) is 0 Å². The summed E-state index contributed by atoms with van der Waals surface area (Å²) in [6, 6.07) is 0. The molecular weight excluding hydrogens is 162 g/mol. The average molecular weight is 177 g/mol. The van der Waals surface area contributed by atoms with Crippen molar-refractivity contribution in [3.63, 3.8) is 0 Å². The molecule has 72 valence electrons. The number of aliphatic hydroxyl groups is 2. The zero-order chi connectivity index (χ0) is 9.56. The third-order valence-electron chi connectivity index (χ3n) is 1.25. The summed E-state index contributed by atoms with van der Waals surface area (Å²) in [6.45, 7) is -0.434. The Labute approximate surface area is 71.6 Å². The molecule has 0 bridgehead atoms. The van der Waals surface area contributed by atoms with Gasteiger partial charge in [0.25, 0.3) is 0 Å². The highest BCUT2D eigenvalue weighted by Gasteiger charge is 2.06. The van der Waals surface area contributed by atoms with Gasteiger partial charge in [-0.3, -0.25) is 4.79 Å². The molecule has 0 aromatic heterocycles. The number of ether oxygens (including phenoxy) is 1. The van der Waals surface area contributed by atoms with Crippen molar-refractivity contribution in [1.82, 2.24) is 4.90 Å². The molecule has 0 radical (unpaired) electrons. The number of amides is 1. The molecule has 0 aliphatic heterocycles. The number of aliphatic hydroxyl groups excluding tert-OH is 2. The van der Waals surface area contributed by atoms with Gasteiger partial charge < -0.3 is 19.8 Å². The fraction of sp³-hybridized carbons (Fsp3) is 0.857. The second-order valence-electron chi connectivity index (χ2n) is 2.64. The number of hydrogen-bond acceptors (Lipinski definition) is 4. The van der Waals surface area contributed by atoms with E-state index in [4.69, 9.17) is 14.9 Å². The van der Waals surface area contributed by atoms with Crippen molar-refractivity contribution in [3.8, 4) is 0 Å². The Bertz CT molecular complexity index is 137. The molecule has 2 N–H and O–H groups in total. The first-order valence-electron chi connectivity index (χ1n) is 3.64. The van der Waals surface area contributed by atoms with Crippen LogP contribution in [-0.2, 0) is 9.53 Å². The third kappa shape index (κ3) is 5.06. The summed E-state index contributed by atoms with van der Waals surface area (Å²) in [5, 5.41) is 17.2. The van der Waals surface area contributed by atoms with Gasteiger partial charge in [0.1, 0.15) is 12.7 Å². The van der Waals surface area contributed by atoms with Crippen LogP contribution in [0.5, 0.6) is 0 Å². The van der Waals surface area contributed by atoms with Gasteiger partial charge in [0.2, 0.25) is 5.91 Å². The summed E-state index contributed by atoms with van der Waals surface area (Å²) in [5.41, 5.74) is 0. The number of carbonyl (C=O) groups is 1. The van der Waals surface area contributed by atoms with Crippen molar-refractivity contribution < 1.29 is 19.7 Å². The summed E-state index contributed by atoms with van der Waals surface area (Å²) < 4.78 is 4.81. The molecule has 0 aliphatic rings. The molecule has 12 heavy (non-hydrogen) atoms. The van der Waals surface area contributed by atoms with Crippen molar-refractivity contribution in [2.45, 2.75) is 6.10 Å². The highest BCUT2D eigenvalue weighted by atomic mass is 16.5. The lowest BCUT2D eigenvalue weighted by molar-refractivity contribution is -0.134. The van der Waals surface area contributed by atoms with Gasteiger partial charge in [-0.05, 0) is 0 Å². The van der Waals surface area contributed by atoms with Crippen LogP contribution in [0.1, 0.15) is 0 Å². The van der Waals surface area contributed by atoms with Crippen LogP contribution in [-0.4, -0.2) is 61.0 Å². The third-order valence-corrected chi connectivity index (χ3v) is 1.25. The zero-order valence-electron chi connectivity index (χ0n) is 7.36. The van der Waals surface area contributed by atoms with E-state index in [0.29, 0.717) is 0 Å². The van der Waals surface area contributed by atoms with Gasteiger partial charge in [-0.15, -0.1) is 0 Å². The maximum atomic E-state index is 10.9. The molecule has 0 aliphatic carbocycles. The summed E-state index contributed by atoms with van der Waals surface area (Å²) in [4.78, 5) is 12.3. The SMILES string of the molecule is CN(C)C(=O)COCC(O)CO. The largest absolute Gasteiger partial charge is 0.394 e. The highest BCUT2D eigenvalue weighted by molar-refractivity contribution is 5.76. The molecule has 0 saturated carbocycles. The minimum atomic E-state index is -0.903. The Kier molecular flexibility index (Phi) is 5.61. The molecule has 0 fully saturated rings. The van der Waals surface area contributed by atoms with Gasteiger partial charge in [0.15, 0.2) is 0 Å². The van der Waals surface area contributed by atoms with Crippen molar-refractivity contribution in [3.05, 3.63) is 0 Å². The lowest BCUT2D eigenvalue weighted by atomic mass is 10.4. The van der Waals surface area contributed by atoms with E-state index in [2.05, 4.69) is 0 Å². The maximum absolute atomic E-state index is 10.9. The molecule has 1 unspecified atom stereocenters. The second kappa shape index (κ2) is 5.93. The Balaban J connectivity index is 3.37. The van der Waals surface area contributed by atoms with E-state index < -0.39 is 6.10 Å². The van der Waals surface area contributed by atoms with Gasteiger partial charge in [-0.25, -0.2) is 0 Å². The Morgan fingerprint density at radius 1 is 1.58 bits per heavy atom. The van der Waals surface area contributed by atoms with Crippen molar-refractivity contribution >= 4 is 5.91 Å². The zero-order valence-corrected chi connectivity index (χ0v) is 7.36. The normalized spacial score (nSPS) is 12.7. The molecule has 1 amide bonds. The summed E-state index contributed by atoms with van der Waals surface area (Å²) in [6.07, 6.45) is -0.903. The van der Waals surface area contributed by atoms with E-state index >= 15 is 0 Å². The van der Waals surface area contributed by atoms with Gasteiger partial charge in [0, 0.05) is 14.1 Å². The minimum Gasteiger partial charge on any atom is -0.394 e. The number of hydrogen-bond donors (Lipinski definition) is 2. The van der Waals surface area contributed by atoms with E-state index in [1.54, 1.807) is 14.1 Å². The Morgan fingerprint density at radius 2 is 2.17 bits per heavy atom. The van der Waals surface area contributed by atoms with E-state index in [1.165, 1.54) is 4.90 Å². The predicted molar refractivity (Wildman–Crippen MR) is 42.6 cm³/mol. The quantitative estimate of drug-likeness (QED) is 0.533. The first kappa shape index (κ1) is 11.4. The van der Waals surface area contributed by atoms with Gasteiger partial charge in [-0.2, -0.15) is 0 Å². The average Bonchev–Trinajstić information content (AvgIpc) is 2.03. The number of rotatable bonds is 5. The van der Waals surface area contributed by atoms with Crippen LogP contribution in [0, 0.1) is 0 Å². The highest BCUT2D eigenvalue weighted by Crippen LogP contribution is 1.86. The van der Waals surface area contributed by atoms with E-state index in [1.807, 2.05) is 0 Å². The van der Waals surface area contributed by atoms with E-state index in [0.717, 1.165) is 0 Å². The lowest BCUT2D eigenvalue weighted by Crippen LogP contribution is -2.29.